The molecule has 7 nitrogen and oxygen atoms in total. The second-order valence-electron chi connectivity index (χ2n) is 7.85. The Morgan fingerprint density at radius 1 is 1.32 bits per heavy atom. The van der Waals surface area contributed by atoms with Crippen molar-refractivity contribution in [3.8, 4) is 11.8 Å². The predicted octanol–water partition coefficient (Wildman–Crippen LogP) is 3.20. The van der Waals surface area contributed by atoms with Crippen molar-refractivity contribution in [1.82, 2.24) is 9.78 Å². The molecular weight excluding hydrogens is 436 g/mol. The van der Waals surface area contributed by atoms with Gasteiger partial charge in [0.2, 0.25) is 5.91 Å². The molecule has 9 heteroatoms. The van der Waals surface area contributed by atoms with Crippen LogP contribution in [0.5, 0.6) is 0 Å². The van der Waals surface area contributed by atoms with Gasteiger partial charge < -0.3 is 11.1 Å². The smallest absolute Gasteiger partial charge is 0.233 e. The lowest BCUT2D eigenvalue weighted by atomic mass is 9.87. The number of nitrogens with zero attached hydrogens (tertiary/aromatic N) is 2. The normalized spacial score (nSPS) is 15.3. The largest absolute Gasteiger partial charge is 0.320 e. The van der Waals surface area contributed by atoms with Crippen LogP contribution in [0, 0.1) is 17.8 Å². The number of carbonyl (C=O) groups is 1. The molecular formula is C22H27ClN4O3S. The lowest BCUT2D eigenvalue weighted by molar-refractivity contribution is -0.118. The van der Waals surface area contributed by atoms with Crippen molar-refractivity contribution in [3.05, 3.63) is 41.0 Å². The molecule has 1 aliphatic rings. The number of hydrogen-bond acceptors (Lipinski definition) is 5. The Morgan fingerprint density at radius 3 is 2.71 bits per heavy atom. The standard InChI is InChI=1S/C22H27ClN4O3S/c1-31(29,30)20-9-8-17(15-19(20)23)18(14-16-6-2-3-7-16)22(28)25-21-10-13-27(26-21)12-5-4-11-24/h8-10,13,15-16,18H,2-3,6-7,11-12,14,24H2,1H3,(H,25,26,28)/t18-/m1/s1. The number of benzene rings is 1. The summed E-state index contributed by atoms with van der Waals surface area (Å²) < 4.78 is 25.4. The highest BCUT2D eigenvalue weighted by Gasteiger charge is 2.28. The molecule has 31 heavy (non-hydrogen) atoms. The molecule has 0 unspecified atom stereocenters. The molecule has 3 N–H and O–H groups in total. The zero-order chi connectivity index (χ0) is 22.4. The molecule has 3 rings (SSSR count). The number of carbonyl (C=O) groups excluding carboxylic acids is 1. The second kappa shape index (κ2) is 10.3. The van der Waals surface area contributed by atoms with Crippen LogP contribution < -0.4 is 11.1 Å². The molecule has 1 atom stereocenters. The van der Waals surface area contributed by atoms with Crippen molar-refractivity contribution in [1.29, 1.82) is 0 Å². The average molecular weight is 463 g/mol. The fourth-order valence-electron chi connectivity index (χ4n) is 3.95. The number of sulfone groups is 1. The molecule has 1 aliphatic carbocycles. The summed E-state index contributed by atoms with van der Waals surface area (Å²) in [6.07, 6.45) is 8.06. The minimum absolute atomic E-state index is 0.0651. The lowest BCUT2D eigenvalue weighted by Gasteiger charge is -2.21. The van der Waals surface area contributed by atoms with Gasteiger partial charge >= 0.3 is 0 Å². The minimum atomic E-state index is -3.44. The Morgan fingerprint density at radius 2 is 2.06 bits per heavy atom. The summed E-state index contributed by atoms with van der Waals surface area (Å²) in [5, 5.41) is 7.35. The number of nitrogens with one attached hydrogen (secondary N) is 1. The van der Waals surface area contributed by atoms with Gasteiger partial charge in [-0.1, -0.05) is 55.2 Å². The maximum Gasteiger partial charge on any atom is 0.233 e. The number of rotatable bonds is 7. The summed E-state index contributed by atoms with van der Waals surface area (Å²) in [4.78, 5) is 13.3. The monoisotopic (exact) mass is 462 g/mol. The van der Waals surface area contributed by atoms with E-state index in [-0.39, 0.29) is 22.4 Å². The molecule has 0 spiro atoms. The first kappa shape index (κ1) is 23.3. The van der Waals surface area contributed by atoms with Crippen LogP contribution in [-0.4, -0.2) is 36.9 Å². The minimum Gasteiger partial charge on any atom is -0.320 e. The summed E-state index contributed by atoms with van der Waals surface area (Å²) in [7, 11) is -3.44. The summed E-state index contributed by atoms with van der Waals surface area (Å²) in [6.45, 7) is 0.676. The Hall–Kier alpha value is -2.34. The molecule has 2 aromatic rings. The van der Waals surface area contributed by atoms with E-state index in [0.29, 0.717) is 30.3 Å². The van der Waals surface area contributed by atoms with Crippen LogP contribution in [0.1, 0.15) is 43.6 Å². The number of hydrogen-bond donors (Lipinski definition) is 2. The molecule has 1 fully saturated rings. The van der Waals surface area contributed by atoms with Crippen molar-refractivity contribution in [2.75, 3.05) is 18.1 Å². The van der Waals surface area contributed by atoms with E-state index in [1.165, 1.54) is 18.9 Å². The molecule has 0 aliphatic heterocycles. The number of amides is 1. The molecule has 166 valence electrons. The fraction of sp³-hybridized carbons (Fsp3) is 0.455. The average Bonchev–Trinajstić information content (AvgIpc) is 3.37. The van der Waals surface area contributed by atoms with Gasteiger partial charge in [0.1, 0.15) is 6.54 Å². The first-order chi connectivity index (χ1) is 14.8. The third kappa shape index (κ3) is 6.33. The number of anilines is 1. The Labute approximate surface area is 188 Å². The lowest BCUT2D eigenvalue weighted by Crippen LogP contribution is -2.23. The van der Waals surface area contributed by atoms with Gasteiger partial charge in [-0.05, 0) is 30.0 Å². The highest BCUT2D eigenvalue weighted by atomic mass is 35.5. The maximum atomic E-state index is 13.2. The van der Waals surface area contributed by atoms with E-state index in [4.69, 9.17) is 17.3 Å². The van der Waals surface area contributed by atoms with E-state index in [1.54, 1.807) is 29.1 Å². The van der Waals surface area contributed by atoms with Crippen LogP contribution in [0.3, 0.4) is 0 Å². The zero-order valence-electron chi connectivity index (χ0n) is 17.5. The van der Waals surface area contributed by atoms with E-state index >= 15 is 0 Å². The highest BCUT2D eigenvalue weighted by molar-refractivity contribution is 7.90. The molecule has 1 amide bonds. The van der Waals surface area contributed by atoms with Crippen LogP contribution in [0.4, 0.5) is 5.82 Å². The van der Waals surface area contributed by atoms with Crippen molar-refractivity contribution in [3.63, 3.8) is 0 Å². The van der Waals surface area contributed by atoms with Crippen LogP contribution in [-0.2, 0) is 21.2 Å². The van der Waals surface area contributed by atoms with Crippen molar-refractivity contribution in [2.45, 2.75) is 49.5 Å². The topological polar surface area (TPSA) is 107 Å². The third-order valence-corrected chi connectivity index (χ3v) is 7.06. The Bertz CT molecular complexity index is 1100. The summed E-state index contributed by atoms with van der Waals surface area (Å²) >= 11 is 6.26. The molecule has 0 bridgehead atoms. The third-order valence-electron chi connectivity index (χ3n) is 5.48. The van der Waals surface area contributed by atoms with E-state index in [9.17, 15) is 13.2 Å². The van der Waals surface area contributed by atoms with Crippen molar-refractivity contribution in [2.24, 2.45) is 11.7 Å². The Balaban J connectivity index is 1.81. The van der Waals surface area contributed by atoms with Gasteiger partial charge in [0, 0.05) is 18.5 Å². The molecule has 0 saturated heterocycles. The van der Waals surface area contributed by atoms with Crippen LogP contribution in [0.25, 0.3) is 0 Å². The van der Waals surface area contributed by atoms with E-state index in [1.807, 2.05) is 0 Å². The number of halogens is 1. The summed E-state index contributed by atoms with van der Waals surface area (Å²) in [5.41, 5.74) is 6.06. The van der Waals surface area contributed by atoms with Crippen LogP contribution in [0.2, 0.25) is 5.02 Å². The predicted molar refractivity (Wildman–Crippen MR) is 122 cm³/mol. The molecule has 1 aromatic carbocycles. The van der Waals surface area contributed by atoms with E-state index in [2.05, 4.69) is 22.3 Å². The van der Waals surface area contributed by atoms with Gasteiger partial charge in [-0.15, -0.1) is 0 Å². The van der Waals surface area contributed by atoms with Crippen LogP contribution >= 0.6 is 11.6 Å². The maximum absolute atomic E-state index is 13.2. The number of aromatic nitrogens is 2. The number of nitrogens with two attached hydrogens (primary N) is 1. The molecule has 1 saturated carbocycles. The first-order valence-electron chi connectivity index (χ1n) is 10.3. The van der Waals surface area contributed by atoms with Crippen molar-refractivity contribution < 1.29 is 13.2 Å². The second-order valence-corrected chi connectivity index (χ2v) is 10.2. The van der Waals surface area contributed by atoms with Crippen LogP contribution in [0.15, 0.2) is 35.4 Å². The van der Waals surface area contributed by atoms with Gasteiger partial charge in [0.15, 0.2) is 15.7 Å². The van der Waals surface area contributed by atoms with Gasteiger partial charge in [0.25, 0.3) is 0 Å². The molecule has 1 heterocycles. The van der Waals surface area contributed by atoms with E-state index in [0.717, 1.165) is 19.1 Å². The quantitative estimate of drug-likeness (QED) is 0.614. The van der Waals surface area contributed by atoms with Gasteiger partial charge in [-0.3, -0.25) is 9.48 Å². The summed E-state index contributed by atoms with van der Waals surface area (Å²) in [5.74, 6) is 5.92. The highest BCUT2D eigenvalue weighted by Crippen LogP contribution is 2.36. The van der Waals surface area contributed by atoms with Gasteiger partial charge in [-0.2, -0.15) is 5.10 Å². The SMILES string of the molecule is CS(=O)(=O)c1ccc([C@@H](CC2CCCC2)C(=O)Nc2ccn(CC#CCN)n2)cc1Cl. The van der Waals surface area contributed by atoms with Gasteiger partial charge in [-0.25, -0.2) is 8.42 Å². The Kier molecular flexibility index (Phi) is 7.76. The first-order valence-corrected chi connectivity index (χ1v) is 12.5. The molecule has 0 radical (unpaired) electrons. The summed E-state index contributed by atoms with van der Waals surface area (Å²) in [6, 6.07) is 6.47. The molecule has 1 aromatic heterocycles. The van der Waals surface area contributed by atoms with E-state index < -0.39 is 15.8 Å². The zero-order valence-corrected chi connectivity index (χ0v) is 19.0. The van der Waals surface area contributed by atoms with Crippen molar-refractivity contribution >= 4 is 33.2 Å². The van der Waals surface area contributed by atoms with Gasteiger partial charge in [0.05, 0.1) is 22.4 Å². The fourth-order valence-corrected chi connectivity index (χ4v) is 5.29.